The molecule has 1 unspecified atom stereocenters. The Morgan fingerprint density at radius 2 is 2.11 bits per heavy atom. The van der Waals surface area contributed by atoms with Crippen molar-refractivity contribution in [1.29, 1.82) is 0 Å². The fourth-order valence-electron chi connectivity index (χ4n) is 2.13. The van der Waals surface area contributed by atoms with Crippen molar-refractivity contribution < 1.29 is 23.9 Å². The highest BCUT2D eigenvalue weighted by Crippen LogP contribution is 2.29. The van der Waals surface area contributed by atoms with Crippen molar-refractivity contribution in [2.75, 3.05) is 11.4 Å². The maximum absolute atomic E-state index is 13.1. The molecule has 0 saturated carbocycles. The van der Waals surface area contributed by atoms with Crippen LogP contribution in [0, 0.1) is 11.7 Å². The summed E-state index contributed by atoms with van der Waals surface area (Å²) in [5, 5.41) is 8.91. The lowest BCUT2D eigenvalue weighted by molar-refractivity contribution is -0.141. The smallest absolute Gasteiger partial charge is 0.308 e. The summed E-state index contributed by atoms with van der Waals surface area (Å²) in [6, 6.07) is 3.52. The number of ketones is 1. The molecule has 1 aromatic rings. The minimum atomic E-state index is -1.05. The van der Waals surface area contributed by atoms with Gasteiger partial charge in [-0.25, -0.2) is 4.39 Å². The Balaban J connectivity index is 2.40. The van der Waals surface area contributed by atoms with Gasteiger partial charge in [0, 0.05) is 18.5 Å². The van der Waals surface area contributed by atoms with Crippen LogP contribution in [0.5, 0.6) is 0 Å². The largest absolute Gasteiger partial charge is 0.481 e. The van der Waals surface area contributed by atoms with E-state index >= 15 is 0 Å². The molecular formula is C13H12FNO4. The summed E-state index contributed by atoms with van der Waals surface area (Å²) >= 11 is 0. The van der Waals surface area contributed by atoms with E-state index in [2.05, 4.69) is 0 Å². The van der Waals surface area contributed by atoms with Crippen molar-refractivity contribution in [2.24, 2.45) is 5.92 Å². The van der Waals surface area contributed by atoms with Crippen molar-refractivity contribution in [2.45, 2.75) is 13.3 Å². The third-order valence-electron chi connectivity index (χ3n) is 3.10. The maximum atomic E-state index is 13.1. The number of halogens is 1. The molecule has 1 aliphatic heterocycles. The van der Waals surface area contributed by atoms with Gasteiger partial charge < -0.3 is 10.0 Å². The quantitative estimate of drug-likeness (QED) is 0.840. The Bertz CT molecular complexity index is 570. The normalized spacial score (nSPS) is 18.7. The van der Waals surface area contributed by atoms with Gasteiger partial charge in [-0.15, -0.1) is 0 Å². The molecular weight excluding hydrogens is 253 g/mol. The second-order valence-electron chi connectivity index (χ2n) is 4.46. The number of anilines is 1. The number of carbonyl (C=O) groups excluding carboxylic acids is 2. The predicted molar refractivity (Wildman–Crippen MR) is 64.5 cm³/mol. The highest BCUT2D eigenvalue weighted by molar-refractivity contribution is 6.06. The van der Waals surface area contributed by atoms with E-state index in [0.717, 1.165) is 12.1 Å². The van der Waals surface area contributed by atoms with E-state index in [-0.39, 0.29) is 35.9 Å². The summed E-state index contributed by atoms with van der Waals surface area (Å²) in [6.45, 7) is 1.27. The van der Waals surface area contributed by atoms with E-state index in [4.69, 9.17) is 5.11 Å². The van der Waals surface area contributed by atoms with Crippen LogP contribution in [0.25, 0.3) is 0 Å². The minimum Gasteiger partial charge on any atom is -0.481 e. The number of aliphatic carboxylic acids is 1. The molecule has 0 bridgehead atoms. The van der Waals surface area contributed by atoms with E-state index in [9.17, 15) is 18.8 Å². The molecule has 1 saturated heterocycles. The summed E-state index contributed by atoms with van der Waals surface area (Å²) in [5.41, 5.74) is 0.349. The lowest BCUT2D eigenvalue weighted by Gasteiger charge is -2.19. The molecule has 2 rings (SSSR count). The Labute approximate surface area is 108 Å². The zero-order chi connectivity index (χ0) is 14.2. The van der Waals surface area contributed by atoms with Gasteiger partial charge in [0.15, 0.2) is 5.78 Å². The average Bonchev–Trinajstić information content (AvgIpc) is 2.71. The van der Waals surface area contributed by atoms with Crippen LogP contribution in [0.15, 0.2) is 18.2 Å². The number of Topliss-reactive ketones (excluding diaryl/α,β-unsaturated/α-hetero) is 1. The lowest BCUT2D eigenvalue weighted by atomic mass is 10.1. The van der Waals surface area contributed by atoms with Crippen molar-refractivity contribution in [3.8, 4) is 0 Å². The number of carbonyl (C=O) groups is 3. The van der Waals surface area contributed by atoms with E-state index in [1.807, 2.05) is 0 Å². The van der Waals surface area contributed by atoms with Gasteiger partial charge in [-0.1, -0.05) is 0 Å². The van der Waals surface area contributed by atoms with Crippen LogP contribution in [0.4, 0.5) is 10.1 Å². The second kappa shape index (κ2) is 4.79. The molecule has 100 valence electrons. The molecule has 1 fully saturated rings. The van der Waals surface area contributed by atoms with Crippen molar-refractivity contribution in [1.82, 2.24) is 0 Å². The number of carboxylic acid groups (broad SMARTS) is 1. The van der Waals surface area contributed by atoms with Gasteiger partial charge in [-0.05, 0) is 25.1 Å². The maximum Gasteiger partial charge on any atom is 0.308 e. The molecule has 0 aromatic heterocycles. The van der Waals surface area contributed by atoms with E-state index < -0.39 is 17.7 Å². The first-order valence-corrected chi connectivity index (χ1v) is 5.74. The average molecular weight is 265 g/mol. The predicted octanol–water partition coefficient (Wildman–Crippen LogP) is 1.47. The van der Waals surface area contributed by atoms with Crippen molar-refractivity contribution >= 4 is 23.3 Å². The second-order valence-corrected chi connectivity index (χ2v) is 4.46. The number of amides is 1. The van der Waals surface area contributed by atoms with E-state index in [1.165, 1.54) is 17.9 Å². The van der Waals surface area contributed by atoms with Gasteiger partial charge in [0.25, 0.3) is 0 Å². The van der Waals surface area contributed by atoms with Gasteiger partial charge in [0.2, 0.25) is 5.91 Å². The molecule has 6 heteroatoms. The summed E-state index contributed by atoms with van der Waals surface area (Å²) < 4.78 is 13.1. The molecule has 19 heavy (non-hydrogen) atoms. The first-order valence-electron chi connectivity index (χ1n) is 5.74. The fourth-order valence-corrected chi connectivity index (χ4v) is 2.13. The molecule has 1 heterocycles. The van der Waals surface area contributed by atoms with Crippen LogP contribution in [-0.2, 0) is 9.59 Å². The highest BCUT2D eigenvalue weighted by atomic mass is 19.1. The zero-order valence-corrected chi connectivity index (χ0v) is 10.2. The number of carboxylic acids is 1. The number of rotatable bonds is 3. The van der Waals surface area contributed by atoms with Crippen LogP contribution < -0.4 is 4.90 Å². The molecule has 0 radical (unpaired) electrons. The van der Waals surface area contributed by atoms with Gasteiger partial charge in [0.1, 0.15) is 5.82 Å². The van der Waals surface area contributed by atoms with Gasteiger partial charge in [-0.3, -0.25) is 14.4 Å². The zero-order valence-electron chi connectivity index (χ0n) is 10.2. The van der Waals surface area contributed by atoms with Crippen LogP contribution >= 0.6 is 0 Å². The standard InChI is InChI=1S/C13H12FNO4/c1-7(16)10-5-9(14)2-3-11(10)15-6-8(13(18)19)4-12(15)17/h2-3,5,8H,4,6H2,1H3,(H,18,19). The Morgan fingerprint density at radius 1 is 1.42 bits per heavy atom. The number of benzene rings is 1. The SMILES string of the molecule is CC(=O)c1cc(F)ccc1N1CC(C(=O)O)CC1=O. The third kappa shape index (κ3) is 2.47. The fraction of sp³-hybridized carbons (Fsp3) is 0.308. The third-order valence-corrected chi connectivity index (χ3v) is 3.10. The molecule has 1 aromatic carbocycles. The Kier molecular flexibility index (Phi) is 3.33. The summed E-state index contributed by atoms with van der Waals surface area (Å²) in [4.78, 5) is 35.4. The first kappa shape index (κ1) is 13.2. The highest BCUT2D eigenvalue weighted by Gasteiger charge is 2.36. The number of hydrogen-bond donors (Lipinski definition) is 1. The van der Waals surface area contributed by atoms with Crippen LogP contribution in [0.1, 0.15) is 23.7 Å². The van der Waals surface area contributed by atoms with E-state index in [0.29, 0.717) is 0 Å². The molecule has 1 amide bonds. The number of hydrogen-bond acceptors (Lipinski definition) is 3. The molecule has 1 N–H and O–H groups in total. The van der Waals surface area contributed by atoms with Crippen LogP contribution in [-0.4, -0.2) is 29.3 Å². The Morgan fingerprint density at radius 3 is 2.63 bits per heavy atom. The van der Waals surface area contributed by atoms with Gasteiger partial charge in [0.05, 0.1) is 11.6 Å². The topological polar surface area (TPSA) is 74.7 Å². The van der Waals surface area contributed by atoms with Gasteiger partial charge in [-0.2, -0.15) is 0 Å². The summed E-state index contributed by atoms with van der Waals surface area (Å²) in [6.07, 6.45) is -0.107. The van der Waals surface area contributed by atoms with Crippen LogP contribution in [0.3, 0.4) is 0 Å². The lowest BCUT2D eigenvalue weighted by Crippen LogP contribution is -2.27. The van der Waals surface area contributed by atoms with Gasteiger partial charge >= 0.3 is 5.97 Å². The van der Waals surface area contributed by atoms with Crippen molar-refractivity contribution in [3.05, 3.63) is 29.6 Å². The van der Waals surface area contributed by atoms with E-state index in [1.54, 1.807) is 0 Å². The Hall–Kier alpha value is -2.24. The first-order chi connectivity index (χ1) is 8.90. The monoisotopic (exact) mass is 265 g/mol. The minimum absolute atomic E-state index is 0.0000784. The molecule has 0 spiro atoms. The van der Waals surface area contributed by atoms with Crippen LogP contribution in [0.2, 0.25) is 0 Å². The summed E-state index contributed by atoms with van der Waals surface area (Å²) in [5.74, 6) is -3.17. The molecule has 1 aliphatic rings. The summed E-state index contributed by atoms with van der Waals surface area (Å²) in [7, 11) is 0. The molecule has 1 atom stereocenters. The molecule has 5 nitrogen and oxygen atoms in total. The van der Waals surface area contributed by atoms with Crippen molar-refractivity contribution in [3.63, 3.8) is 0 Å². The number of nitrogens with zero attached hydrogens (tertiary/aromatic N) is 1. The molecule has 0 aliphatic carbocycles.